The summed E-state index contributed by atoms with van der Waals surface area (Å²) in [6.45, 7) is 5.20. The van der Waals surface area contributed by atoms with Crippen molar-refractivity contribution in [3.05, 3.63) is 58.6 Å². The molecule has 2 aromatic carbocycles. The highest BCUT2D eigenvalue weighted by Crippen LogP contribution is 2.29. The summed E-state index contributed by atoms with van der Waals surface area (Å²) in [5, 5.41) is 6.53. The number of piperazine rings is 1. The van der Waals surface area contributed by atoms with Crippen LogP contribution in [0.3, 0.4) is 0 Å². The average molecular weight is 500 g/mol. The van der Waals surface area contributed by atoms with E-state index in [2.05, 4.69) is 15.5 Å². The van der Waals surface area contributed by atoms with Crippen molar-refractivity contribution < 1.29 is 19.1 Å². The molecule has 2 fully saturated rings. The zero-order valence-electron chi connectivity index (χ0n) is 19.8. The highest BCUT2D eigenvalue weighted by molar-refractivity contribution is 6.30. The van der Waals surface area contributed by atoms with Crippen LogP contribution in [0.25, 0.3) is 0 Å². The number of methoxy groups -OCH3 is 1. The van der Waals surface area contributed by atoms with E-state index < -0.39 is 6.09 Å². The molecule has 0 saturated carbocycles. The summed E-state index contributed by atoms with van der Waals surface area (Å²) < 4.78 is 4.81. The highest BCUT2D eigenvalue weighted by Gasteiger charge is 2.24. The van der Waals surface area contributed by atoms with Crippen LogP contribution in [0.5, 0.6) is 0 Å². The quantitative estimate of drug-likeness (QED) is 0.671. The van der Waals surface area contributed by atoms with E-state index in [-0.39, 0.29) is 11.8 Å². The molecule has 0 aliphatic carbocycles. The number of benzene rings is 2. The molecule has 10 heteroatoms. The first kappa shape index (κ1) is 24.8. The van der Waals surface area contributed by atoms with Gasteiger partial charge in [0.25, 0.3) is 11.8 Å². The van der Waals surface area contributed by atoms with E-state index in [1.807, 2.05) is 11.0 Å². The van der Waals surface area contributed by atoms with Gasteiger partial charge in [0.05, 0.1) is 18.5 Å². The summed E-state index contributed by atoms with van der Waals surface area (Å²) >= 11 is 6.06. The van der Waals surface area contributed by atoms with E-state index in [0.717, 1.165) is 25.2 Å². The number of halogens is 1. The van der Waals surface area contributed by atoms with E-state index in [1.165, 1.54) is 7.11 Å². The Morgan fingerprint density at radius 3 is 2.31 bits per heavy atom. The summed E-state index contributed by atoms with van der Waals surface area (Å²) in [7, 11) is 1.30. The van der Waals surface area contributed by atoms with Crippen molar-refractivity contribution >= 4 is 40.9 Å². The summed E-state index contributed by atoms with van der Waals surface area (Å²) in [5.74, 6) is -0.126. The lowest BCUT2D eigenvalue weighted by molar-refractivity contribution is 0.0734. The second-order valence-electron chi connectivity index (χ2n) is 8.53. The first-order valence-corrected chi connectivity index (χ1v) is 12.1. The molecule has 9 nitrogen and oxygen atoms in total. The number of hydrogen-bond acceptors (Lipinski definition) is 6. The van der Waals surface area contributed by atoms with Crippen molar-refractivity contribution in [2.75, 3.05) is 69.7 Å². The number of anilines is 2. The van der Waals surface area contributed by atoms with Crippen LogP contribution in [-0.2, 0) is 4.74 Å². The van der Waals surface area contributed by atoms with Crippen molar-refractivity contribution in [3.63, 3.8) is 0 Å². The third-order valence-electron chi connectivity index (χ3n) is 6.27. The van der Waals surface area contributed by atoms with Gasteiger partial charge in [0.15, 0.2) is 0 Å². The molecule has 2 N–H and O–H groups in total. The van der Waals surface area contributed by atoms with Crippen LogP contribution in [0, 0.1) is 0 Å². The minimum atomic E-state index is -0.606. The fourth-order valence-corrected chi connectivity index (χ4v) is 4.61. The third kappa shape index (κ3) is 6.04. The molecule has 2 aromatic rings. The fourth-order valence-electron chi connectivity index (χ4n) is 4.42. The zero-order valence-corrected chi connectivity index (χ0v) is 20.5. The van der Waals surface area contributed by atoms with Gasteiger partial charge in [-0.25, -0.2) is 4.79 Å². The van der Waals surface area contributed by atoms with E-state index >= 15 is 0 Å². The number of rotatable bonds is 4. The molecule has 0 aromatic heterocycles. The minimum Gasteiger partial charge on any atom is -0.453 e. The van der Waals surface area contributed by atoms with Gasteiger partial charge in [-0.3, -0.25) is 14.9 Å². The first-order chi connectivity index (χ1) is 17.0. The zero-order chi connectivity index (χ0) is 24.8. The molecule has 2 aliphatic heterocycles. The fraction of sp³-hybridized carbons (Fsp3) is 0.400. The normalized spacial score (nSPS) is 16.5. The topological polar surface area (TPSA) is 94.2 Å². The highest BCUT2D eigenvalue weighted by atomic mass is 35.5. The van der Waals surface area contributed by atoms with Gasteiger partial charge < -0.3 is 24.8 Å². The van der Waals surface area contributed by atoms with Crippen LogP contribution in [-0.4, -0.2) is 87.2 Å². The lowest BCUT2D eigenvalue weighted by atomic mass is 10.1. The standard InChI is InChI=1S/C25H30ClN5O4/c1-35-25(34)28-21-17-19(24(33)31-12-8-27-9-13-31)6-7-22(21)29-10-3-11-30(15-14-29)23(32)18-4-2-5-20(26)16-18/h2,4-7,16-17,27H,3,8-15H2,1H3,(H,28,34). The largest absolute Gasteiger partial charge is 0.453 e. The van der Waals surface area contributed by atoms with Crippen LogP contribution in [0.1, 0.15) is 27.1 Å². The lowest BCUT2D eigenvalue weighted by Crippen LogP contribution is -2.46. The Kier molecular flexibility index (Phi) is 8.09. The van der Waals surface area contributed by atoms with Crippen molar-refractivity contribution in [2.24, 2.45) is 0 Å². The number of carbonyl (C=O) groups excluding carboxylic acids is 3. The van der Waals surface area contributed by atoms with Crippen LogP contribution in [0.2, 0.25) is 5.02 Å². The van der Waals surface area contributed by atoms with Gasteiger partial charge in [-0.05, 0) is 42.8 Å². The molecule has 0 radical (unpaired) electrons. The molecule has 0 atom stereocenters. The Balaban J connectivity index is 1.53. The predicted octanol–water partition coefficient (Wildman–Crippen LogP) is 2.92. The number of ether oxygens (including phenoxy) is 1. The molecule has 4 rings (SSSR count). The Hall–Kier alpha value is -3.30. The van der Waals surface area contributed by atoms with Gasteiger partial charge in [-0.1, -0.05) is 17.7 Å². The molecule has 2 aliphatic rings. The van der Waals surface area contributed by atoms with Gasteiger partial charge in [0.1, 0.15) is 0 Å². The van der Waals surface area contributed by atoms with E-state index in [0.29, 0.717) is 61.1 Å². The molecular weight excluding hydrogens is 470 g/mol. The van der Waals surface area contributed by atoms with E-state index in [1.54, 1.807) is 41.3 Å². The van der Waals surface area contributed by atoms with E-state index in [4.69, 9.17) is 16.3 Å². The maximum atomic E-state index is 13.0. The number of hydrogen-bond donors (Lipinski definition) is 2. The number of carbonyl (C=O) groups is 3. The SMILES string of the molecule is COC(=O)Nc1cc(C(=O)N2CCNCC2)ccc1N1CCCN(C(=O)c2cccc(Cl)c2)CC1. The number of nitrogens with one attached hydrogen (secondary N) is 2. The summed E-state index contributed by atoms with van der Waals surface area (Å²) in [4.78, 5) is 43.8. The maximum absolute atomic E-state index is 13.0. The van der Waals surface area contributed by atoms with Crippen molar-refractivity contribution in [3.8, 4) is 0 Å². The molecule has 2 saturated heterocycles. The Bertz CT molecular complexity index is 1090. The summed E-state index contributed by atoms with van der Waals surface area (Å²) in [5.41, 5.74) is 2.36. The van der Waals surface area contributed by atoms with Gasteiger partial charge in [-0.2, -0.15) is 0 Å². The van der Waals surface area contributed by atoms with Crippen LogP contribution in [0.15, 0.2) is 42.5 Å². The van der Waals surface area contributed by atoms with Gasteiger partial charge in [0.2, 0.25) is 0 Å². The Morgan fingerprint density at radius 1 is 0.886 bits per heavy atom. The molecule has 3 amide bonds. The van der Waals surface area contributed by atoms with Crippen molar-refractivity contribution in [1.82, 2.24) is 15.1 Å². The Morgan fingerprint density at radius 2 is 1.60 bits per heavy atom. The van der Waals surface area contributed by atoms with Crippen LogP contribution < -0.4 is 15.5 Å². The third-order valence-corrected chi connectivity index (χ3v) is 6.50. The summed E-state index contributed by atoms with van der Waals surface area (Å²) in [6, 6.07) is 12.3. The van der Waals surface area contributed by atoms with Gasteiger partial charge in [-0.15, -0.1) is 0 Å². The molecule has 35 heavy (non-hydrogen) atoms. The summed E-state index contributed by atoms with van der Waals surface area (Å²) in [6.07, 6.45) is 0.149. The molecule has 186 valence electrons. The second-order valence-corrected chi connectivity index (χ2v) is 8.97. The number of nitrogens with zero attached hydrogens (tertiary/aromatic N) is 3. The van der Waals surface area contributed by atoms with Crippen LogP contribution in [0.4, 0.5) is 16.2 Å². The van der Waals surface area contributed by atoms with Gasteiger partial charge in [0, 0.05) is 68.5 Å². The van der Waals surface area contributed by atoms with Gasteiger partial charge >= 0.3 is 6.09 Å². The average Bonchev–Trinajstić information content (AvgIpc) is 3.14. The molecule has 0 unspecified atom stereocenters. The second kappa shape index (κ2) is 11.4. The molecular formula is C25H30ClN5O4. The minimum absolute atomic E-state index is 0.0563. The maximum Gasteiger partial charge on any atom is 0.411 e. The molecule has 0 spiro atoms. The smallest absolute Gasteiger partial charge is 0.411 e. The first-order valence-electron chi connectivity index (χ1n) is 11.7. The predicted molar refractivity (Wildman–Crippen MR) is 135 cm³/mol. The van der Waals surface area contributed by atoms with Crippen molar-refractivity contribution in [1.29, 1.82) is 0 Å². The molecule has 0 bridgehead atoms. The Labute approximate surface area is 210 Å². The van der Waals surface area contributed by atoms with Crippen LogP contribution >= 0.6 is 11.6 Å². The van der Waals surface area contributed by atoms with Crippen molar-refractivity contribution in [2.45, 2.75) is 6.42 Å². The lowest BCUT2D eigenvalue weighted by Gasteiger charge is -2.29. The van der Waals surface area contributed by atoms with E-state index in [9.17, 15) is 14.4 Å². The monoisotopic (exact) mass is 499 g/mol. The molecule has 2 heterocycles. The number of amides is 3.